The number of nitrogens with zero attached hydrogens (tertiary/aromatic N) is 1. The van der Waals surface area contributed by atoms with E-state index in [-0.39, 0.29) is 12.1 Å². The van der Waals surface area contributed by atoms with Crippen molar-refractivity contribution in [2.24, 2.45) is 0 Å². The first-order chi connectivity index (χ1) is 10.3. The molecule has 1 aliphatic heterocycles. The highest BCUT2D eigenvalue weighted by Crippen LogP contribution is 2.34. The van der Waals surface area contributed by atoms with Gasteiger partial charge in [0, 0.05) is 42.3 Å². The van der Waals surface area contributed by atoms with Gasteiger partial charge in [-0.2, -0.15) is 0 Å². The number of aromatic nitrogens is 1. The summed E-state index contributed by atoms with van der Waals surface area (Å²) in [5.41, 5.74) is -0.159. The molecule has 2 fully saturated rings. The highest BCUT2D eigenvalue weighted by Gasteiger charge is 2.31. The number of hydrogen-bond donors (Lipinski definition) is 2. The van der Waals surface area contributed by atoms with Crippen LogP contribution in [0.15, 0.2) is 6.20 Å². The Morgan fingerprint density at radius 3 is 2.76 bits per heavy atom. The molecule has 1 aliphatic carbocycles. The van der Waals surface area contributed by atoms with E-state index in [0.717, 1.165) is 32.6 Å². The lowest BCUT2D eigenvalue weighted by atomic mass is 9.90. The number of ether oxygens (including phenoxy) is 1. The second kappa shape index (κ2) is 7.18. The average molecular weight is 310 g/mol. The minimum absolute atomic E-state index is 0.159. The van der Waals surface area contributed by atoms with Crippen molar-refractivity contribution < 1.29 is 9.84 Å². The lowest BCUT2D eigenvalue weighted by Gasteiger charge is -2.36. The van der Waals surface area contributed by atoms with Crippen molar-refractivity contribution >= 4 is 11.3 Å². The lowest BCUT2D eigenvalue weighted by molar-refractivity contribution is 0.0113. The summed E-state index contributed by atoms with van der Waals surface area (Å²) in [6, 6.07) is 0. The third-order valence-electron chi connectivity index (χ3n) is 4.92. The molecular weight excluding hydrogens is 284 g/mol. The highest BCUT2D eigenvalue weighted by atomic mass is 32.1. The molecule has 21 heavy (non-hydrogen) atoms. The van der Waals surface area contributed by atoms with Crippen LogP contribution in [0.5, 0.6) is 0 Å². The summed E-state index contributed by atoms with van der Waals surface area (Å²) in [7, 11) is 0. The fraction of sp³-hybridized carbons (Fsp3) is 0.812. The van der Waals surface area contributed by atoms with Crippen LogP contribution in [0.4, 0.5) is 0 Å². The lowest BCUT2D eigenvalue weighted by Crippen LogP contribution is -2.51. The summed E-state index contributed by atoms with van der Waals surface area (Å²) in [5, 5.41) is 14.6. The predicted octanol–water partition coefficient (Wildman–Crippen LogP) is 2.82. The summed E-state index contributed by atoms with van der Waals surface area (Å²) in [6.07, 6.45) is 10.5. The topological polar surface area (TPSA) is 54.4 Å². The normalized spacial score (nSPS) is 23.3. The third-order valence-corrected chi connectivity index (χ3v) is 6.08. The molecule has 0 amide bonds. The van der Waals surface area contributed by atoms with Crippen LogP contribution >= 0.6 is 11.3 Å². The van der Waals surface area contributed by atoms with Gasteiger partial charge in [-0.1, -0.05) is 19.3 Å². The van der Waals surface area contributed by atoms with E-state index in [9.17, 15) is 5.11 Å². The van der Waals surface area contributed by atoms with Crippen LogP contribution in [-0.4, -0.2) is 35.5 Å². The number of aliphatic hydroxyl groups excluding tert-OH is 1. The first-order valence-corrected chi connectivity index (χ1v) is 9.01. The fourth-order valence-corrected chi connectivity index (χ4v) is 4.40. The molecule has 5 heteroatoms. The molecule has 1 saturated heterocycles. The van der Waals surface area contributed by atoms with Crippen LogP contribution in [0.25, 0.3) is 0 Å². The van der Waals surface area contributed by atoms with Gasteiger partial charge in [0.15, 0.2) is 0 Å². The van der Waals surface area contributed by atoms with Gasteiger partial charge in [-0.15, -0.1) is 11.3 Å². The van der Waals surface area contributed by atoms with E-state index in [4.69, 9.17) is 4.74 Å². The van der Waals surface area contributed by atoms with E-state index in [2.05, 4.69) is 10.3 Å². The molecule has 1 aromatic heterocycles. The summed E-state index contributed by atoms with van der Waals surface area (Å²) in [6.45, 7) is 2.47. The number of aliphatic hydroxyl groups is 1. The smallest absolute Gasteiger partial charge is 0.0959 e. The van der Waals surface area contributed by atoms with Gasteiger partial charge in [-0.25, -0.2) is 4.98 Å². The molecule has 0 radical (unpaired) electrons. The number of nitrogens with one attached hydrogen (secondary N) is 1. The monoisotopic (exact) mass is 310 g/mol. The maximum atomic E-state index is 9.70. The van der Waals surface area contributed by atoms with Gasteiger partial charge in [0.25, 0.3) is 0 Å². The van der Waals surface area contributed by atoms with Crippen LogP contribution in [0.1, 0.15) is 60.7 Å². The summed E-state index contributed by atoms with van der Waals surface area (Å²) in [4.78, 5) is 5.93. The second-order valence-corrected chi connectivity index (χ2v) is 7.55. The van der Waals surface area contributed by atoms with Crippen molar-refractivity contribution in [1.82, 2.24) is 10.3 Å². The van der Waals surface area contributed by atoms with E-state index in [1.165, 1.54) is 42.0 Å². The predicted molar refractivity (Wildman–Crippen MR) is 84.6 cm³/mol. The molecule has 0 aromatic carbocycles. The van der Waals surface area contributed by atoms with Gasteiger partial charge in [-0.05, 0) is 25.7 Å². The number of thiazole rings is 1. The van der Waals surface area contributed by atoms with Crippen molar-refractivity contribution in [3.63, 3.8) is 0 Å². The Morgan fingerprint density at radius 1 is 1.29 bits per heavy atom. The Morgan fingerprint density at radius 2 is 2.05 bits per heavy atom. The summed E-state index contributed by atoms with van der Waals surface area (Å²) < 4.78 is 5.40. The zero-order valence-corrected chi connectivity index (χ0v) is 13.5. The third kappa shape index (κ3) is 3.83. The van der Waals surface area contributed by atoms with Gasteiger partial charge < -0.3 is 15.2 Å². The molecule has 2 aliphatic rings. The van der Waals surface area contributed by atoms with E-state index < -0.39 is 0 Å². The van der Waals surface area contributed by atoms with Gasteiger partial charge >= 0.3 is 0 Å². The zero-order valence-electron chi connectivity index (χ0n) is 12.6. The molecule has 1 saturated carbocycles. The van der Waals surface area contributed by atoms with Crippen molar-refractivity contribution in [2.75, 3.05) is 19.8 Å². The maximum absolute atomic E-state index is 9.70. The first kappa shape index (κ1) is 15.4. The van der Waals surface area contributed by atoms with Crippen LogP contribution in [-0.2, 0) is 11.3 Å². The summed E-state index contributed by atoms with van der Waals surface area (Å²) in [5.74, 6) is 0.687. The molecule has 2 N–H and O–H groups in total. The van der Waals surface area contributed by atoms with Gasteiger partial charge in [-0.3, -0.25) is 0 Å². The van der Waals surface area contributed by atoms with Gasteiger partial charge in [0.2, 0.25) is 0 Å². The maximum Gasteiger partial charge on any atom is 0.0959 e. The highest BCUT2D eigenvalue weighted by molar-refractivity contribution is 7.11. The molecule has 3 rings (SSSR count). The molecule has 4 nitrogen and oxygen atoms in total. The standard InChI is InChI=1S/C16H26N2O2S/c19-12-16(6-8-20-9-7-16)18-11-14-10-17-15(21-14)13-4-2-1-3-5-13/h10,13,18-19H,1-9,11-12H2. The minimum Gasteiger partial charge on any atom is -0.394 e. The number of hydrogen-bond acceptors (Lipinski definition) is 5. The second-order valence-electron chi connectivity index (χ2n) is 6.40. The van der Waals surface area contributed by atoms with Crippen molar-refractivity contribution in [3.8, 4) is 0 Å². The van der Waals surface area contributed by atoms with Crippen molar-refractivity contribution in [1.29, 1.82) is 0 Å². The molecule has 0 unspecified atom stereocenters. The average Bonchev–Trinajstić information content (AvgIpc) is 3.04. The van der Waals surface area contributed by atoms with Gasteiger partial charge in [0.05, 0.1) is 11.6 Å². The van der Waals surface area contributed by atoms with Crippen LogP contribution in [0.2, 0.25) is 0 Å². The van der Waals surface area contributed by atoms with E-state index in [1.54, 1.807) is 0 Å². The Labute approximate surface area is 130 Å². The Hall–Kier alpha value is -0.490. The first-order valence-electron chi connectivity index (χ1n) is 8.20. The Kier molecular flexibility index (Phi) is 5.27. The van der Waals surface area contributed by atoms with Crippen LogP contribution in [0, 0.1) is 0 Å². The van der Waals surface area contributed by atoms with Crippen LogP contribution < -0.4 is 5.32 Å². The molecule has 0 spiro atoms. The van der Waals surface area contributed by atoms with E-state index in [1.807, 2.05) is 17.5 Å². The van der Waals surface area contributed by atoms with Crippen molar-refractivity contribution in [3.05, 3.63) is 16.1 Å². The minimum atomic E-state index is -0.159. The molecular formula is C16H26N2O2S. The van der Waals surface area contributed by atoms with Gasteiger partial charge in [0.1, 0.15) is 0 Å². The molecule has 118 valence electrons. The Bertz CT molecular complexity index is 437. The largest absolute Gasteiger partial charge is 0.394 e. The van der Waals surface area contributed by atoms with E-state index in [0.29, 0.717) is 5.92 Å². The van der Waals surface area contributed by atoms with Crippen molar-refractivity contribution in [2.45, 2.75) is 62.9 Å². The molecule has 0 atom stereocenters. The summed E-state index contributed by atoms with van der Waals surface area (Å²) >= 11 is 1.85. The quantitative estimate of drug-likeness (QED) is 0.878. The Balaban J connectivity index is 1.56. The molecule has 1 aromatic rings. The zero-order chi connectivity index (χ0) is 14.5. The van der Waals surface area contributed by atoms with Crippen LogP contribution in [0.3, 0.4) is 0 Å². The molecule has 2 heterocycles. The SMILES string of the molecule is OCC1(NCc2cnc(C3CCCCC3)s2)CCOCC1. The molecule has 0 bridgehead atoms. The number of rotatable bonds is 5. The fourth-order valence-electron chi connectivity index (χ4n) is 3.37. The van der Waals surface area contributed by atoms with E-state index >= 15 is 0 Å².